The van der Waals surface area contributed by atoms with Crippen LogP contribution in [-0.4, -0.2) is 17.5 Å². The summed E-state index contributed by atoms with van der Waals surface area (Å²) in [6.07, 6.45) is 0.925. The Morgan fingerprint density at radius 1 is 0.606 bits per heavy atom. The second-order valence-corrected chi connectivity index (χ2v) is 13.5. The second kappa shape index (κ2) is 10.2. The molecule has 0 fully saturated rings. The summed E-state index contributed by atoms with van der Waals surface area (Å²) < 4.78 is 31.6. The van der Waals surface area contributed by atoms with Crippen molar-refractivity contribution in [3.8, 4) is 0 Å². The summed E-state index contributed by atoms with van der Waals surface area (Å²) in [5, 5.41) is 4.05. The molecule has 0 aliphatic heterocycles. The zero-order valence-corrected chi connectivity index (χ0v) is 19.8. The van der Waals surface area contributed by atoms with Gasteiger partial charge in [0.25, 0.3) is 0 Å². The van der Waals surface area contributed by atoms with E-state index in [1.807, 2.05) is 0 Å². The molecule has 170 valence electrons. The van der Waals surface area contributed by atoms with Crippen molar-refractivity contribution < 1.29 is 17.5 Å². The molecule has 0 aliphatic carbocycles. The van der Waals surface area contributed by atoms with Crippen LogP contribution in [0, 0.1) is 0 Å². The van der Waals surface area contributed by atoms with Gasteiger partial charge in [0.05, 0.1) is 0 Å². The standard InChI is InChI=1S/C27H25P.H2O4S/c1-2-28(25-17-9-4-10-18-25,26-19-11-5-12-20-26,27-21-13-6-14-22-27)23-24-15-7-3-8-16-24;1-5(2,3)4/h2-22H,1,23H2;(H2,1,2,3,4). The van der Waals surface area contributed by atoms with Crippen LogP contribution in [0.2, 0.25) is 0 Å². The average Bonchev–Trinajstić information content (AvgIpc) is 2.84. The number of rotatable bonds is 6. The molecule has 0 saturated carbocycles. The van der Waals surface area contributed by atoms with E-state index in [0.29, 0.717) is 0 Å². The summed E-state index contributed by atoms with van der Waals surface area (Å²) in [7, 11) is -4.67. The van der Waals surface area contributed by atoms with Crippen LogP contribution in [0.5, 0.6) is 0 Å². The summed E-state index contributed by atoms with van der Waals surface area (Å²) in [5.74, 6) is 2.28. The molecule has 0 unspecified atom stereocenters. The molecule has 2 N–H and O–H groups in total. The van der Waals surface area contributed by atoms with Crippen LogP contribution in [0.1, 0.15) is 5.56 Å². The molecule has 33 heavy (non-hydrogen) atoms. The summed E-state index contributed by atoms with van der Waals surface area (Å²) >= 11 is 0. The zero-order chi connectivity index (χ0) is 23.8. The van der Waals surface area contributed by atoms with Gasteiger partial charge in [-0.05, 0) is 0 Å². The van der Waals surface area contributed by atoms with Crippen LogP contribution in [-0.2, 0) is 16.6 Å². The van der Waals surface area contributed by atoms with E-state index in [1.54, 1.807) is 0 Å². The van der Waals surface area contributed by atoms with Crippen molar-refractivity contribution in [2.75, 3.05) is 0 Å². The predicted octanol–water partition coefficient (Wildman–Crippen LogP) is 5.21. The maximum atomic E-state index is 8.74. The fourth-order valence-electron chi connectivity index (χ4n) is 4.37. The Balaban J connectivity index is 0.000000555. The van der Waals surface area contributed by atoms with Gasteiger partial charge in [0.15, 0.2) is 0 Å². The smallest absolute Gasteiger partial charge is 0.264 e. The Labute approximate surface area is 195 Å². The van der Waals surface area contributed by atoms with Gasteiger partial charge in [-0.15, -0.1) is 0 Å². The van der Waals surface area contributed by atoms with Crippen LogP contribution in [0.3, 0.4) is 0 Å². The summed E-state index contributed by atoms with van der Waals surface area (Å²) in [4.78, 5) is 0. The van der Waals surface area contributed by atoms with Gasteiger partial charge >= 0.3 is 178 Å². The van der Waals surface area contributed by atoms with Gasteiger partial charge in [0.1, 0.15) is 0 Å². The molecule has 4 aromatic carbocycles. The molecule has 6 heteroatoms. The third-order valence-corrected chi connectivity index (χ3v) is 12.1. The van der Waals surface area contributed by atoms with Gasteiger partial charge in [-0.2, -0.15) is 8.42 Å². The fourth-order valence-corrected chi connectivity index (χ4v) is 10.1. The summed E-state index contributed by atoms with van der Waals surface area (Å²) in [6.45, 7) is 1.55. The third-order valence-electron chi connectivity index (χ3n) is 5.79. The minimum absolute atomic E-state index is 0.925. The van der Waals surface area contributed by atoms with Crippen LogP contribution in [0.15, 0.2) is 134 Å². The maximum absolute atomic E-state index is 8.74. The third kappa shape index (κ3) is 5.29. The SMILES string of the molecule is C=CP(Cc1ccccc1)(c1ccccc1)(c1ccccc1)c1ccccc1.O=S(=O)(O)O. The van der Waals surface area contributed by atoms with Gasteiger partial charge in [0.2, 0.25) is 0 Å². The Hall–Kier alpha value is -3.08. The molecule has 0 bridgehead atoms. The fraction of sp³-hybridized carbons (Fsp3) is 0.0370. The number of hydrogen-bond acceptors (Lipinski definition) is 2. The van der Waals surface area contributed by atoms with E-state index in [4.69, 9.17) is 17.5 Å². The second-order valence-electron chi connectivity index (χ2n) is 7.66. The summed E-state index contributed by atoms with van der Waals surface area (Å²) in [6, 6.07) is 43.7. The topological polar surface area (TPSA) is 74.6 Å². The van der Waals surface area contributed by atoms with Crippen LogP contribution < -0.4 is 15.9 Å². The van der Waals surface area contributed by atoms with E-state index in [1.165, 1.54) is 21.5 Å². The van der Waals surface area contributed by atoms with Gasteiger partial charge in [-0.3, -0.25) is 9.11 Å². The molecule has 4 nitrogen and oxygen atoms in total. The van der Waals surface area contributed by atoms with E-state index in [0.717, 1.165) is 6.16 Å². The molecule has 0 aliphatic rings. The van der Waals surface area contributed by atoms with Gasteiger partial charge in [-0.25, -0.2) is 0 Å². The Morgan fingerprint density at radius 3 is 1.15 bits per heavy atom. The minimum atomic E-state index is -4.67. The van der Waals surface area contributed by atoms with E-state index in [-0.39, 0.29) is 0 Å². The predicted molar refractivity (Wildman–Crippen MR) is 140 cm³/mol. The molecule has 0 spiro atoms. The molecular weight excluding hydrogens is 451 g/mol. The normalized spacial score (nSPS) is 12.5. The Bertz CT molecular complexity index is 1170. The summed E-state index contributed by atoms with van der Waals surface area (Å²) in [5.41, 5.74) is 1.33. The van der Waals surface area contributed by atoms with Crippen molar-refractivity contribution in [2.45, 2.75) is 6.16 Å². The van der Waals surface area contributed by atoms with Gasteiger partial charge in [0, 0.05) is 0 Å². The van der Waals surface area contributed by atoms with E-state index in [9.17, 15) is 0 Å². The van der Waals surface area contributed by atoms with Crippen LogP contribution >= 0.6 is 6.60 Å². The molecule has 0 saturated heterocycles. The van der Waals surface area contributed by atoms with Crippen molar-refractivity contribution in [3.63, 3.8) is 0 Å². The number of hydrogen-bond donors (Lipinski definition) is 2. The molecule has 4 rings (SSSR count). The molecule has 0 aromatic heterocycles. The van der Waals surface area contributed by atoms with Crippen molar-refractivity contribution >= 4 is 32.9 Å². The molecule has 0 radical (unpaired) electrons. The Kier molecular flexibility index (Phi) is 7.62. The maximum Gasteiger partial charge on any atom is 0.394 e. The molecule has 0 amide bonds. The molecule has 4 aromatic rings. The first-order chi connectivity index (χ1) is 15.8. The van der Waals surface area contributed by atoms with Crippen LogP contribution in [0.4, 0.5) is 0 Å². The van der Waals surface area contributed by atoms with Crippen molar-refractivity contribution in [2.24, 2.45) is 0 Å². The van der Waals surface area contributed by atoms with Gasteiger partial charge in [-0.1, -0.05) is 0 Å². The monoisotopic (exact) mass is 478 g/mol. The largest absolute Gasteiger partial charge is 0.394 e. The van der Waals surface area contributed by atoms with E-state index < -0.39 is 17.0 Å². The van der Waals surface area contributed by atoms with E-state index in [2.05, 4.69) is 134 Å². The minimum Gasteiger partial charge on any atom is -0.264 e. The molecule has 0 heterocycles. The number of benzene rings is 4. The van der Waals surface area contributed by atoms with Crippen molar-refractivity contribution in [1.82, 2.24) is 0 Å². The molecule has 0 atom stereocenters. The van der Waals surface area contributed by atoms with Crippen molar-refractivity contribution in [1.29, 1.82) is 0 Å². The van der Waals surface area contributed by atoms with Gasteiger partial charge < -0.3 is 0 Å². The zero-order valence-electron chi connectivity index (χ0n) is 18.1. The molecular formula is C27H27O4PS. The van der Waals surface area contributed by atoms with E-state index >= 15 is 0 Å². The van der Waals surface area contributed by atoms with Crippen LogP contribution in [0.25, 0.3) is 0 Å². The first kappa shape index (κ1) is 24.6. The Morgan fingerprint density at radius 2 is 0.879 bits per heavy atom. The quantitative estimate of drug-likeness (QED) is 0.295. The first-order valence-corrected chi connectivity index (χ1v) is 14.2. The van der Waals surface area contributed by atoms with Crippen molar-refractivity contribution in [3.05, 3.63) is 139 Å². The first-order valence-electron chi connectivity index (χ1n) is 10.3. The average molecular weight is 479 g/mol.